The van der Waals surface area contributed by atoms with Crippen LogP contribution in [-0.2, 0) is 11.3 Å². The number of carbonyl (C=O) groups is 1. The van der Waals surface area contributed by atoms with Crippen LogP contribution in [0.15, 0.2) is 70.0 Å². The number of amides is 1. The van der Waals surface area contributed by atoms with Crippen LogP contribution in [0.25, 0.3) is 5.69 Å². The van der Waals surface area contributed by atoms with E-state index in [1.165, 1.54) is 0 Å². The summed E-state index contributed by atoms with van der Waals surface area (Å²) in [6, 6.07) is 14.0. The molecule has 24 heavy (non-hydrogen) atoms. The van der Waals surface area contributed by atoms with Crippen molar-refractivity contribution >= 4 is 33.6 Å². The van der Waals surface area contributed by atoms with Gasteiger partial charge in [-0.3, -0.25) is 4.79 Å². The number of halogens is 1. The lowest BCUT2D eigenvalue weighted by atomic mass is 10.3. The number of thioether (sulfide) groups is 1. The molecule has 6 heteroatoms. The monoisotopic (exact) mass is 402 g/mol. The first-order valence-electron chi connectivity index (χ1n) is 7.58. The van der Waals surface area contributed by atoms with Crippen molar-refractivity contribution in [2.24, 2.45) is 0 Å². The van der Waals surface area contributed by atoms with Crippen molar-refractivity contribution in [3.63, 3.8) is 0 Å². The molecule has 2 aromatic heterocycles. The van der Waals surface area contributed by atoms with Crippen LogP contribution in [-0.4, -0.2) is 21.1 Å². The average molecular weight is 403 g/mol. The van der Waals surface area contributed by atoms with Crippen LogP contribution in [0, 0.1) is 0 Å². The van der Waals surface area contributed by atoms with E-state index in [0.717, 1.165) is 21.5 Å². The summed E-state index contributed by atoms with van der Waals surface area (Å²) in [6.45, 7) is 0.507. The molecule has 1 aliphatic heterocycles. The summed E-state index contributed by atoms with van der Waals surface area (Å²) in [7, 11) is 0. The van der Waals surface area contributed by atoms with Gasteiger partial charge in [0.05, 0.1) is 18.6 Å². The van der Waals surface area contributed by atoms with Gasteiger partial charge < -0.3 is 13.9 Å². The molecule has 1 saturated heterocycles. The van der Waals surface area contributed by atoms with Crippen LogP contribution in [0.4, 0.5) is 0 Å². The van der Waals surface area contributed by atoms with Gasteiger partial charge in [-0.05, 0) is 42.5 Å². The van der Waals surface area contributed by atoms with Gasteiger partial charge in [-0.15, -0.1) is 11.8 Å². The number of hydrogen-bond acceptors (Lipinski definition) is 3. The van der Waals surface area contributed by atoms with Gasteiger partial charge in [0.25, 0.3) is 0 Å². The molecule has 0 radical (unpaired) electrons. The van der Waals surface area contributed by atoms with Crippen molar-refractivity contribution in [3.8, 4) is 5.69 Å². The van der Waals surface area contributed by atoms with Crippen LogP contribution < -0.4 is 0 Å². The Morgan fingerprint density at radius 3 is 2.79 bits per heavy atom. The molecule has 0 unspecified atom stereocenters. The Balaban J connectivity index is 1.58. The maximum Gasteiger partial charge on any atom is 0.234 e. The minimum Gasteiger partial charge on any atom is -0.467 e. The van der Waals surface area contributed by atoms with Crippen molar-refractivity contribution in [2.45, 2.75) is 11.9 Å². The minimum atomic E-state index is 0.0271. The van der Waals surface area contributed by atoms with Gasteiger partial charge in [0.2, 0.25) is 5.91 Å². The van der Waals surface area contributed by atoms with Crippen LogP contribution in [0.5, 0.6) is 0 Å². The van der Waals surface area contributed by atoms with Gasteiger partial charge >= 0.3 is 0 Å². The summed E-state index contributed by atoms with van der Waals surface area (Å²) in [6.07, 6.45) is 5.77. The third kappa shape index (κ3) is 3.03. The summed E-state index contributed by atoms with van der Waals surface area (Å²) in [4.78, 5) is 14.1. The number of carbonyl (C=O) groups excluding carboxylic acids is 1. The zero-order valence-corrected chi connectivity index (χ0v) is 15.2. The van der Waals surface area contributed by atoms with Crippen LogP contribution >= 0.6 is 27.7 Å². The van der Waals surface area contributed by atoms with E-state index in [4.69, 9.17) is 4.42 Å². The summed E-state index contributed by atoms with van der Waals surface area (Å²) < 4.78 is 8.54. The lowest BCUT2D eigenvalue weighted by molar-refractivity contribution is -0.128. The highest BCUT2D eigenvalue weighted by molar-refractivity contribution is 9.10. The lowest BCUT2D eigenvalue weighted by Crippen LogP contribution is -2.27. The standard InChI is InChI=1S/C18H15BrN2O2S/c19-14-3-5-15(6-4-14)20-8-7-13(10-20)18-21(17(22)12-24-18)11-16-2-1-9-23-16/h1-10,18H,11-12H2/t18-/m0/s1. The van der Waals surface area contributed by atoms with E-state index in [1.807, 2.05) is 35.4 Å². The van der Waals surface area contributed by atoms with Crippen molar-refractivity contribution in [1.82, 2.24) is 9.47 Å². The van der Waals surface area contributed by atoms with Gasteiger partial charge in [0, 0.05) is 28.1 Å². The predicted octanol–water partition coefficient (Wildman–Crippen LogP) is 4.61. The fourth-order valence-corrected chi connectivity index (χ4v) is 4.24. The largest absolute Gasteiger partial charge is 0.467 e. The topological polar surface area (TPSA) is 38.4 Å². The summed E-state index contributed by atoms with van der Waals surface area (Å²) in [5.41, 5.74) is 2.22. The summed E-state index contributed by atoms with van der Waals surface area (Å²) in [5.74, 6) is 1.47. The van der Waals surface area contributed by atoms with E-state index in [-0.39, 0.29) is 11.3 Å². The summed E-state index contributed by atoms with van der Waals surface area (Å²) in [5, 5.41) is 0.0271. The second kappa shape index (κ2) is 6.53. The molecule has 4 nitrogen and oxygen atoms in total. The molecular formula is C18H15BrN2O2S. The molecule has 1 amide bonds. The first-order valence-corrected chi connectivity index (χ1v) is 9.42. The highest BCUT2D eigenvalue weighted by Gasteiger charge is 2.33. The molecule has 1 aromatic carbocycles. The van der Waals surface area contributed by atoms with Crippen molar-refractivity contribution in [2.75, 3.05) is 5.75 Å². The SMILES string of the molecule is O=C1CS[C@@H](c2ccn(-c3ccc(Br)cc3)c2)N1Cc1ccco1. The first-order chi connectivity index (χ1) is 11.7. The number of aromatic nitrogens is 1. The smallest absolute Gasteiger partial charge is 0.234 e. The second-order valence-corrected chi connectivity index (χ2v) is 7.58. The van der Waals surface area contributed by atoms with Gasteiger partial charge in [-0.25, -0.2) is 0 Å². The Morgan fingerprint density at radius 2 is 2.04 bits per heavy atom. The third-order valence-electron chi connectivity index (χ3n) is 4.00. The molecule has 1 aliphatic rings. The molecule has 122 valence electrons. The van der Waals surface area contributed by atoms with E-state index >= 15 is 0 Å². The number of nitrogens with zero attached hydrogens (tertiary/aromatic N) is 2. The Labute approximate surface area is 152 Å². The highest BCUT2D eigenvalue weighted by atomic mass is 79.9. The maximum absolute atomic E-state index is 12.2. The zero-order chi connectivity index (χ0) is 16.5. The van der Waals surface area contributed by atoms with E-state index < -0.39 is 0 Å². The minimum absolute atomic E-state index is 0.0271. The molecule has 3 aromatic rings. The zero-order valence-electron chi connectivity index (χ0n) is 12.8. The third-order valence-corrected chi connectivity index (χ3v) is 5.78. The molecular weight excluding hydrogens is 388 g/mol. The van der Waals surface area contributed by atoms with Gasteiger partial charge in [-0.1, -0.05) is 15.9 Å². The maximum atomic E-state index is 12.2. The van der Waals surface area contributed by atoms with E-state index in [2.05, 4.69) is 44.9 Å². The first kappa shape index (κ1) is 15.6. The Hall–Kier alpha value is -1.92. The quantitative estimate of drug-likeness (QED) is 0.639. The molecule has 1 fully saturated rings. The number of rotatable bonds is 4. The van der Waals surface area contributed by atoms with Crippen molar-refractivity contribution < 1.29 is 9.21 Å². The lowest BCUT2D eigenvalue weighted by Gasteiger charge is -2.22. The van der Waals surface area contributed by atoms with Gasteiger partial charge in [0.15, 0.2) is 0 Å². The molecule has 0 saturated carbocycles. The van der Waals surface area contributed by atoms with E-state index in [9.17, 15) is 4.79 Å². The molecule has 0 spiro atoms. The van der Waals surface area contributed by atoms with E-state index in [0.29, 0.717) is 12.3 Å². The number of benzene rings is 1. The van der Waals surface area contributed by atoms with Crippen molar-refractivity contribution in [3.05, 3.63) is 76.9 Å². The fraction of sp³-hybridized carbons (Fsp3) is 0.167. The highest BCUT2D eigenvalue weighted by Crippen LogP contribution is 2.40. The van der Waals surface area contributed by atoms with Crippen LogP contribution in [0.2, 0.25) is 0 Å². The second-order valence-electron chi connectivity index (χ2n) is 5.59. The summed E-state index contributed by atoms with van der Waals surface area (Å²) >= 11 is 5.11. The average Bonchev–Trinajstić information content (AvgIpc) is 3.31. The van der Waals surface area contributed by atoms with Gasteiger partial charge in [0.1, 0.15) is 11.1 Å². The van der Waals surface area contributed by atoms with E-state index in [1.54, 1.807) is 18.0 Å². The molecule has 0 aliphatic carbocycles. The van der Waals surface area contributed by atoms with Gasteiger partial charge in [-0.2, -0.15) is 0 Å². The number of furan rings is 1. The normalized spacial score (nSPS) is 17.6. The van der Waals surface area contributed by atoms with Crippen molar-refractivity contribution in [1.29, 1.82) is 0 Å². The van der Waals surface area contributed by atoms with Crippen LogP contribution in [0.3, 0.4) is 0 Å². The molecule has 1 atom stereocenters. The fourth-order valence-electron chi connectivity index (χ4n) is 2.80. The Morgan fingerprint density at radius 1 is 1.21 bits per heavy atom. The molecule has 0 N–H and O–H groups in total. The number of hydrogen-bond donors (Lipinski definition) is 0. The Kier molecular flexibility index (Phi) is 4.24. The molecule has 0 bridgehead atoms. The Bertz CT molecular complexity index is 842. The van der Waals surface area contributed by atoms with Crippen LogP contribution in [0.1, 0.15) is 16.7 Å². The predicted molar refractivity (Wildman–Crippen MR) is 97.9 cm³/mol. The molecule has 3 heterocycles. The molecule has 4 rings (SSSR count).